The van der Waals surface area contributed by atoms with E-state index in [9.17, 15) is 9.18 Å². The van der Waals surface area contributed by atoms with E-state index in [-0.39, 0.29) is 18.9 Å². The van der Waals surface area contributed by atoms with Crippen molar-refractivity contribution in [3.05, 3.63) is 108 Å². The third-order valence-corrected chi connectivity index (χ3v) is 5.62. The van der Waals surface area contributed by atoms with Gasteiger partial charge in [0.15, 0.2) is 0 Å². The third-order valence-electron chi connectivity index (χ3n) is 5.62. The number of nitrogens with zero attached hydrogens (tertiary/aromatic N) is 3. The molecule has 1 atom stereocenters. The Labute approximate surface area is 210 Å². The summed E-state index contributed by atoms with van der Waals surface area (Å²) in [6, 6.07) is 26.3. The SMILES string of the molecule is CN(C)c1ncc(C(=O)NCCC(F)c2cccc(OCc3ccccc3)c2)c(-c2ccccc2)n1. The molecule has 0 saturated carbocycles. The predicted molar refractivity (Wildman–Crippen MR) is 140 cm³/mol. The number of rotatable bonds is 10. The van der Waals surface area contributed by atoms with Crippen LogP contribution in [0.3, 0.4) is 0 Å². The molecule has 36 heavy (non-hydrogen) atoms. The lowest BCUT2D eigenvalue weighted by Crippen LogP contribution is -2.26. The number of carbonyl (C=O) groups excluding carboxylic acids is 1. The molecular weight excluding hydrogens is 455 g/mol. The third kappa shape index (κ3) is 6.44. The fourth-order valence-corrected chi connectivity index (χ4v) is 3.68. The van der Waals surface area contributed by atoms with Gasteiger partial charge in [-0.1, -0.05) is 72.8 Å². The van der Waals surface area contributed by atoms with Crippen LogP contribution in [0.1, 0.15) is 34.1 Å². The summed E-state index contributed by atoms with van der Waals surface area (Å²) in [5, 5.41) is 2.82. The van der Waals surface area contributed by atoms with E-state index >= 15 is 0 Å². The summed E-state index contributed by atoms with van der Waals surface area (Å²) < 4.78 is 20.8. The van der Waals surface area contributed by atoms with Gasteiger partial charge in [-0.25, -0.2) is 14.4 Å². The molecule has 1 aromatic heterocycles. The second kappa shape index (κ2) is 11.9. The number of anilines is 1. The molecule has 4 rings (SSSR count). The van der Waals surface area contributed by atoms with Crippen LogP contribution in [0.5, 0.6) is 5.75 Å². The molecule has 0 aliphatic rings. The maximum atomic E-state index is 15.0. The summed E-state index contributed by atoms with van der Waals surface area (Å²) in [5.74, 6) is 0.767. The standard InChI is InChI=1S/C29H29FN4O2/c1-34(2)29-32-19-25(27(33-29)22-12-7-4-8-13-22)28(35)31-17-16-26(30)23-14-9-15-24(18-23)36-20-21-10-5-3-6-11-21/h3-15,18-19,26H,16-17,20H2,1-2H3,(H,31,35). The van der Waals surface area contributed by atoms with Crippen LogP contribution in [0.4, 0.5) is 10.3 Å². The van der Waals surface area contributed by atoms with Gasteiger partial charge in [0.05, 0.1) is 11.3 Å². The Kier molecular flexibility index (Phi) is 8.24. The molecule has 184 valence electrons. The molecule has 0 spiro atoms. The first-order valence-corrected chi connectivity index (χ1v) is 11.8. The molecule has 0 aliphatic carbocycles. The highest BCUT2D eigenvalue weighted by Gasteiger charge is 2.18. The maximum absolute atomic E-state index is 15.0. The average Bonchev–Trinajstić information content (AvgIpc) is 2.92. The van der Waals surface area contributed by atoms with Crippen molar-refractivity contribution >= 4 is 11.9 Å². The van der Waals surface area contributed by atoms with Gasteiger partial charge in [-0.2, -0.15) is 0 Å². The van der Waals surface area contributed by atoms with Crippen molar-refractivity contribution < 1.29 is 13.9 Å². The lowest BCUT2D eigenvalue weighted by atomic mass is 10.1. The zero-order valence-electron chi connectivity index (χ0n) is 20.4. The van der Waals surface area contributed by atoms with Crippen molar-refractivity contribution in [2.45, 2.75) is 19.2 Å². The monoisotopic (exact) mass is 484 g/mol. The van der Waals surface area contributed by atoms with E-state index in [1.54, 1.807) is 23.1 Å². The van der Waals surface area contributed by atoms with E-state index in [0.717, 1.165) is 11.1 Å². The minimum absolute atomic E-state index is 0.130. The first kappa shape index (κ1) is 24.9. The number of hydrogen-bond donors (Lipinski definition) is 1. The molecule has 3 aromatic carbocycles. The van der Waals surface area contributed by atoms with Crippen molar-refractivity contribution in [3.8, 4) is 17.0 Å². The molecule has 0 radical (unpaired) electrons. The molecule has 0 bridgehead atoms. The van der Waals surface area contributed by atoms with Gasteiger partial charge in [0.25, 0.3) is 5.91 Å². The van der Waals surface area contributed by atoms with Crippen molar-refractivity contribution in [2.75, 3.05) is 25.5 Å². The van der Waals surface area contributed by atoms with Crippen molar-refractivity contribution in [3.63, 3.8) is 0 Å². The number of carbonyl (C=O) groups is 1. The molecule has 4 aromatic rings. The number of nitrogens with one attached hydrogen (secondary N) is 1. The molecule has 1 amide bonds. The predicted octanol–water partition coefficient (Wildman–Crippen LogP) is 5.62. The number of alkyl halides is 1. The van der Waals surface area contributed by atoms with E-state index < -0.39 is 6.17 Å². The quantitative estimate of drug-likeness (QED) is 0.317. The minimum Gasteiger partial charge on any atom is -0.489 e. The summed E-state index contributed by atoms with van der Waals surface area (Å²) in [6.45, 7) is 0.578. The van der Waals surface area contributed by atoms with Crippen LogP contribution < -0.4 is 15.0 Å². The minimum atomic E-state index is -1.24. The summed E-state index contributed by atoms with van der Waals surface area (Å²) in [6.07, 6.45) is 0.401. The fraction of sp³-hybridized carbons (Fsp3) is 0.207. The summed E-state index contributed by atoms with van der Waals surface area (Å²) in [4.78, 5) is 23.6. The number of ether oxygens (including phenoxy) is 1. The Morgan fingerprint density at radius 2 is 1.72 bits per heavy atom. The molecule has 1 heterocycles. The van der Waals surface area contributed by atoms with E-state index in [1.807, 2.05) is 80.8 Å². The van der Waals surface area contributed by atoms with Gasteiger partial charge in [-0.05, 0) is 23.3 Å². The zero-order chi connectivity index (χ0) is 25.3. The highest BCUT2D eigenvalue weighted by molar-refractivity contribution is 5.99. The Morgan fingerprint density at radius 3 is 2.44 bits per heavy atom. The van der Waals surface area contributed by atoms with E-state index in [1.165, 1.54) is 6.20 Å². The van der Waals surface area contributed by atoms with E-state index in [2.05, 4.69) is 15.3 Å². The number of halogens is 1. The molecule has 1 unspecified atom stereocenters. The largest absolute Gasteiger partial charge is 0.489 e. The van der Waals surface area contributed by atoms with Crippen LogP contribution in [0.15, 0.2) is 91.1 Å². The van der Waals surface area contributed by atoms with E-state index in [0.29, 0.717) is 35.1 Å². The van der Waals surface area contributed by atoms with Gasteiger partial charge >= 0.3 is 0 Å². The van der Waals surface area contributed by atoms with Crippen molar-refractivity contribution in [2.24, 2.45) is 0 Å². The van der Waals surface area contributed by atoms with Gasteiger partial charge in [0.2, 0.25) is 5.95 Å². The van der Waals surface area contributed by atoms with Crippen LogP contribution in [-0.4, -0.2) is 36.5 Å². The van der Waals surface area contributed by atoms with Gasteiger partial charge in [-0.3, -0.25) is 4.79 Å². The molecule has 7 heteroatoms. The van der Waals surface area contributed by atoms with Gasteiger partial charge < -0.3 is 15.0 Å². The van der Waals surface area contributed by atoms with Crippen LogP contribution >= 0.6 is 0 Å². The summed E-state index contributed by atoms with van der Waals surface area (Å²) >= 11 is 0. The molecule has 1 N–H and O–H groups in total. The maximum Gasteiger partial charge on any atom is 0.255 e. The Morgan fingerprint density at radius 1 is 1.00 bits per heavy atom. The molecular formula is C29H29FN4O2. The number of amides is 1. The average molecular weight is 485 g/mol. The Hall–Kier alpha value is -4.26. The van der Waals surface area contributed by atoms with Crippen molar-refractivity contribution in [1.29, 1.82) is 0 Å². The Balaban J connectivity index is 1.37. The lowest BCUT2D eigenvalue weighted by Gasteiger charge is -2.15. The lowest BCUT2D eigenvalue weighted by molar-refractivity contribution is 0.0950. The fourth-order valence-electron chi connectivity index (χ4n) is 3.68. The second-order valence-electron chi connectivity index (χ2n) is 8.55. The molecule has 0 fully saturated rings. The van der Waals surface area contributed by atoms with Crippen LogP contribution in [0.2, 0.25) is 0 Å². The molecule has 0 aliphatic heterocycles. The number of benzene rings is 3. The topological polar surface area (TPSA) is 67.4 Å². The Bertz CT molecular complexity index is 1280. The van der Waals surface area contributed by atoms with Crippen LogP contribution in [0.25, 0.3) is 11.3 Å². The first-order valence-electron chi connectivity index (χ1n) is 11.8. The first-order chi connectivity index (χ1) is 17.5. The van der Waals surface area contributed by atoms with Crippen LogP contribution in [-0.2, 0) is 6.61 Å². The number of aromatic nitrogens is 2. The normalized spacial score (nSPS) is 11.5. The second-order valence-corrected chi connectivity index (χ2v) is 8.55. The van der Waals surface area contributed by atoms with Crippen molar-refractivity contribution in [1.82, 2.24) is 15.3 Å². The smallest absolute Gasteiger partial charge is 0.255 e. The van der Waals surface area contributed by atoms with Gasteiger partial charge in [-0.15, -0.1) is 0 Å². The summed E-state index contributed by atoms with van der Waals surface area (Å²) in [5.41, 5.74) is 3.24. The van der Waals surface area contributed by atoms with Crippen LogP contribution in [0, 0.1) is 0 Å². The van der Waals surface area contributed by atoms with Gasteiger partial charge in [0, 0.05) is 38.8 Å². The van der Waals surface area contributed by atoms with E-state index in [4.69, 9.17) is 4.74 Å². The zero-order valence-corrected chi connectivity index (χ0v) is 20.4. The molecule has 6 nitrogen and oxygen atoms in total. The summed E-state index contributed by atoms with van der Waals surface area (Å²) in [7, 11) is 3.68. The molecule has 0 saturated heterocycles. The highest BCUT2D eigenvalue weighted by atomic mass is 19.1. The van der Waals surface area contributed by atoms with Gasteiger partial charge in [0.1, 0.15) is 18.5 Å². The highest BCUT2D eigenvalue weighted by Crippen LogP contribution is 2.26. The number of hydrogen-bond acceptors (Lipinski definition) is 5.